The molecule has 0 aliphatic rings. The maximum absolute atomic E-state index is 6.10. The summed E-state index contributed by atoms with van der Waals surface area (Å²) in [5.74, 6) is 1.61. The quantitative estimate of drug-likeness (QED) is 0.527. The molecule has 0 fully saturated rings. The Bertz CT molecular complexity index is 774. The number of ether oxygens (including phenoxy) is 1. The van der Waals surface area contributed by atoms with Gasteiger partial charge < -0.3 is 4.74 Å². The van der Waals surface area contributed by atoms with Crippen LogP contribution in [0.15, 0.2) is 48.5 Å². The Morgan fingerprint density at radius 1 is 1.10 bits per heavy atom. The number of benzene rings is 2. The summed E-state index contributed by atoms with van der Waals surface area (Å²) in [6, 6.07) is 15.4. The van der Waals surface area contributed by atoms with Crippen LogP contribution in [0, 0.1) is 10.5 Å². The Morgan fingerprint density at radius 3 is 2.60 bits per heavy atom. The molecule has 0 spiro atoms. The Balaban J connectivity index is 2.22. The molecule has 0 saturated heterocycles. The van der Waals surface area contributed by atoms with Gasteiger partial charge in [-0.25, -0.2) is 0 Å². The van der Waals surface area contributed by atoms with Crippen LogP contribution in [0.4, 0.5) is 0 Å². The van der Waals surface area contributed by atoms with Crippen molar-refractivity contribution in [2.75, 3.05) is 0 Å². The lowest BCUT2D eigenvalue weighted by atomic mass is 10.2. The molecule has 0 atom stereocenters. The van der Waals surface area contributed by atoms with Gasteiger partial charge in [-0.1, -0.05) is 29.8 Å². The fraction of sp³-hybridized carbons (Fsp3) is 0.0625. The zero-order valence-electron chi connectivity index (χ0n) is 10.7. The van der Waals surface area contributed by atoms with E-state index in [4.69, 9.17) is 16.3 Å². The first-order chi connectivity index (χ1) is 9.65. The predicted octanol–water partition coefficient (Wildman–Crippen LogP) is 5.59. The fourth-order valence-corrected chi connectivity index (χ4v) is 2.70. The monoisotopic (exact) mass is 395 g/mol. The molecule has 4 heteroatoms. The van der Waals surface area contributed by atoms with Crippen LogP contribution >= 0.6 is 34.2 Å². The summed E-state index contributed by atoms with van der Waals surface area (Å²) in [7, 11) is 0. The van der Waals surface area contributed by atoms with E-state index in [1.807, 2.05) is 55.5 Å². The van der Waals surface area contributed by atoms with Crippen molar-refractivity contribution >= 4 is 45.1 Å². The maximum Gasteiger partial charge on any atom is 0.152 e. The fourth-order valence-electron chi connectivity index (χ4n) is 2.01. The van der Waals surface area contributed by atoms with Crippen LogP contribution in [0.3, 0.4) is 0 Å². The van der Waals surface area contributed by atoms with Crippen LogP contribution in [-0.4, -0.2) is 4.98 Å². The van der Waals surface area contributed by atoms with Crippen LogP contribution in [0.1, 0.15) is 5.69 Å². The minimum atomic E-state index is 0.678. The van der Waals surface area contributed by atoms with E-state index in [0.29, 0.717) is 5.02 Å². The Hall–Kier alpha value is -1.33. The highest BCUT2D eigenvalue weighted by atomic mass is 127. The van der Waals surface area contributed by atoms with Gasteiger partial charge in [-0.3, -0.25) is 4.98 Å². The largest absolute Gasteiger partial charge is 0.455 e. The average molecular weight is 396 g/mol. The van der Waals surface area contributed by atoms with Crippen molar-refractivity contribution in [1.82, 2.24) is 4.98 Å². The lowest BCUT2D eigenvalue weighted by Crippen LogP contribution is -1.95. The van der Waals surface area contributed by atoms with E-state index in [9.17, 15) is 0 Å². The normalized spacial score (nSPS) is 10.8. The van der Waals surface area contributed by atoms with Crippen molar-refractivity contribution in [1.29, 1.82) is 0 Å². The Labute approximate surface area is 135 Å². The first kappa shape index (κ1) is 13.6. The number of aryl methyl sites for hydroxylation is 1. The number of hydrogen-bond donors (Lipinski definition) is 0. The molecule has 1 heterocycles. The van der Waals surface area contributed by atoms with E-state index >= 15 is 0 Å². The smallest absolute Gasteiger partial charge is 0.152 e. The van der Waals surface area contributed by atoms with E-state index in [-0.39, 0.29) is 0 Å². The van der Waals surface area contributed by atoms with Crippen molar-refractivity contribution in [2.45, 2.75) is 6.92 Å². The zero-order valence-corrected chi connectivity index (χ0v) is 13.6. The number of halogens is 2. The summed E-state index contributed by atoms with van der Waals surface area (Å²) in [6.07, 6.45) is 0. The highest BCUT2D eigenvalue weighted by molar-refractivity contribution is 14.1. The van der Waals surface area contributed by atoms with Gasteiger partial charge >= 0.3 is 0 Å². The van der Waals surface area contributed by atoms with Gasteiger partial charge in [-0.2, -0.15) is 0 Å². The molecule has 2 aromatic carbocycles. The molecule has 2 nitrogen and oxygen atoms in total. The molecule has 3 rings (SSSR count). The van der Waals surface area contributed by atoms with Crippen LogP contribution in [0.5, 0.6) is 11.5 Å². The molecule has 20 heavy (non-hydrogen) atoms. The SMILES string of the molecule is Cc1nc2ccc(Cl)cc2c(Oc2ccccc2)c1I. The van der Waals surface area contributed by atoms with Crippen molar-refractivity contribution in [3.05, 3.63) is 62.8 Å². The van der Waals surface area contributed by atoms with E-state index in [1.165, 1.54) is 0 Å². The van der Waals surface area contributed by atoms with Crippen LogP contribution in [0.2, 0.25) is 5.02 Å². The molecule has 0 aliphatic carbocycles. The van der Waals surface area contributed by atoms with Crippen molar-refractivity contribution < 1.29 is 4.74 Å². The van der Waals surface area contributed by atoms with Crippen molar-refractivity contribution in [3.63, 3.8) is 0 Å². The predicted molar refractivity (Wildman–Crippen MR) is 90.7 cm³/mol. The van der Waals surface area contributed by atoms with Gasteiger partial charge in [0.15, 0.2) is 5.75 Å². The van der Waals surface area contributed by atoms with Crippen LogP contribution in [-0.2, 0) is 0 Å². The number of nitrogens with zero attached hydrogens (tertiary/aromatic N) is 1. The van der Waals surface area contributed by atoms with E-state index in [1.54, 1.807) is 0 Å². The van der Waals surface area contributed by atoms with E-state index in [0.717, 1.165) is 31.7 Å². The lowest BCUT2D eigenvalue weighted by Gasteiger charge is -2.13. The molecule has 1 aromatic heterocycles. The van der Waals surface area contributed by atoms with Gasteiger partial charge in [0.1, 0.15) is 5.75 Å². The molecular formula is C16H11ClINO. The maximum atomic E-state index is 6.10. The third-order valence-electron chi connectivity index (χ3n) is 2.97. The molecule has 0 bridgehead atoms. The Kier molecular flexibility index (Phi) is 3.81. The molecule has 0 N–H and O–H groups in total. The van der Waals surface area contributed by atoms with Gasteiger partial charge in [0.25, 0.3) is 0 Å². The van der Waals surface area contributed by atoms with Crippen molar-refractivity contribution in [2.24, 2.45) is 0 Å². The molecule has 0 radical (unpaired) electrons. The number of hydrogen-bond acceptors (Lipinski definition) is 2. The molecule has 0 unspecified atom stereocenters. The second-order valence-electron chi connectivity index (χ2n) is 4.42. The average Bonchev–Trinajstić information content (AvgIpc) is 2.46. The van der Waals surface area contributed by atoms with Crippen LogP contribution in [0.25, 0.3) is 10.9 Å². The molecule has 0 aliphatic heterocycles. The van der Waals surface area contributed by atoms with Gasteiger partial charge in [-0.15, -0.1) is 0 Å². The highest BCUT2D eigenvalue weighted by Crippen LogP contribution is 2.36. The number of rotatable bonds is 2. The first-order valence-corrected chi connectivity index (χ1v) is 7.59. The van der Waals surface area contributed by atoms with Gasteiger partial charge in [0.05, 0.1) is 14.8 Å². The summed E-state index contributed by atoms with van der Waals surface area (Å²) < 4.78 is 7.05. The van der Waals surface area contributed by atoms with Gasteiger partial charge in [-0.05, 0) is 59.8 Å². The second kappa shape index (κ2) is 5.58. The number of pyridine rings is 1. The van der Waals surface area contributed by atoms with Crippen molar-refractivity contribution in [3.8, 4) is 11.5 Å². The van der Waals surface area contributed by atoms with E-state index < -0.39 is 0 Å². The van der Waals surface area contributed by atoms with Gasteiger partial charge in [0, 0.05) is 10.4 Å². The highest BCUT2D eigenvalue weighted by Gasteiger charge is 2.13. The lowest BCUT2D eigenvalue weighted by molar-refractivity contribution is 0.484. The first-order valence-electron chi connectivity index (χ1n) is 6.13. The zero-order chi connectivity index (χ0) is 14.1. The number of aromatic nitrogens is 1. The summed E-state index contributed by atoms with van der Waals surface area (Å²) in [4.78, 5) is 4.57. The summed E-state index contributed by atoms with van der Waals surface area (Å²) >= 11 is 8.36. The Morgan fingerprint density at radius 2 is 1.85 bits per heavy atom. The molecular weight excluding hydrogens is 385 g/mol. The third kappa shape index (κ3) is 2.60. The topological polar surface area (TPSA) is 22.1 Å². The van der Waals surface area contributed by atoms with E-state index in [2.05, 4.69) is 27.6 Å². The summed E-state index contributed by atoms with van der Waals surface area (Å²) in [5.41, 5.74) is 1.84. The minimum Gasteiger partial charge on any atom is -0.455 e. The molecule has 0 saturated carbocycles. The third-order valence-corrected chi connectivity index (χ3v) is 4.48. The molecule has 3 aromatic rings. The minimum absolute atomic E-state index is 0.678. The molecule has 100 valence electrons. The summed E-state index contributed by atoms with van der Waals surface area (Å²) in [5, 5.41) is 1.60. The number of para-hydroxylation sites is 1. The number of fused-ring (bicyclic) bond motifs is 1. The summed E-state index contributed by atoms with van der Waals surface area (Å²) in [6.45, 7) is 1.98. The van der Waals surface area contributed by atoms with Crippen LogP contribution < -0.4 is 4.74 Å². The standard InChI is InChI=1S/C16H11ClINO/c1-10-15(18)16(20-12-5-3-2-4-6-12)13-9-11(17)7-8-14(13)19-10/h2-9H,1H3. The van der Waals surface area contributed by atoms with Gasteiger partial charge in [0.2, 0.25) is 0 Å². The second-order valence-corrected chi connectivity index (χ2v) is 5.93. The molecule has 0 amide bonds.